The summed E-state index contributed by atoms with van der Waals surface area (Å²) in [4.78, 5) is 25.1. The van der Waals surface area contributed by atoms with Crippen molar-refractivity contribution in [2.45, 2.75) is 13.3 Å². The Morgan fingerprint density at radius 3 is 2.88 bits per heavy atom. The number of aromatic nitrogens is 1. The maximum Gasteiger partial charge on any atom is 0.354 e. The van der Waals surface area contributed by atoms with Crippen LogP contribution in [0.25, 0.3) is 0 Å². The van der Waals surface area contributed by atoms with Crippen molar-refractivity contribution in [2.75, 3.05) is 6.54 Å². The highest BCUT2D eigenvalue weighted by Gasteiger charge is 2.02. The Labute approximate surface area is 98.9 Å². The van der Waals surface area contributed by atoms with Gasteiger partial charge in [-0.2, -0.15) is 0 Å². The number of nitrogens with one attached hydrogen (secondary N) is 1. The average molecular weight is 232 g/mol. The fourth-order valence-corrected chi connectivity index (χ4v) is 1.08. The summed E-state index contributed by atoms with van der Waals surface area (Å²) < 4.78 is 0. The molecule has 0 aliphatic rings. The normalized spacial score (nSPS) is 9.00. The van der Waals surface area contributed by atoms with Gasteiger partial charge in [-0.25, -0.2) is 9.78 Å². The molecule has 5 nitrogen and oxygen atoms in total. The highest BCUT2D eigenvalue weighted by Crippen LogP contribution is 1.97. The number of rotatable bonds is 3. The number of carbonyl (C=O) groups is 2. The van der Waals surface area contributed by atoms with Gasteiger partial charge in [0.15, 0.2) is 0 Å². The van der Waals surface area contributed by atoms with E-state index >= 15 is 0 Å². The van der Waals surface area contributed by atoms with Crippen LogP contribution in [0, 0.1) is 11.8 Å². The minimum absolute atomic E-state index is 0.0290. The summed E-state index contributed by atoms with van der Waals surface area (Å²) in [5.74, 6) is 4.36. The molecule has 1 heterocycles. The molecule has 0 aliphatic carbocycles. The van der Waals surface area contributed by atoms with E-state index in [-0.39, 0.29) is 11.6 Å². The molecule has 0 radical (unpaired) electrons. The summed E-state index contributed by atoms with van der Waals surface area (Å²) >= 11 is 0. The molecule has 0 atom stereocenters. The van der Waals surface area contributed by atoms with Crippen LogP contribution in [0.2, 0.25) is 0 Å². The zero-order chi connectivity index (χ0) is 12.7. The minimum Gasteiger partial charge on any atom is -0.477 e. The largest absolute Gasteiger partial charge is 0.477 e. The van der Waals surface area contributed by atoms with Crippen LogP contribution < -0.4 is 5.32 Å². The van der Waals surface area contributed by atoms with Gasteiger partial charge in [-0.15, -0.1) is 0 Å². The van der Waals surface area contributed by atoms with Gasteiger partial charge in [0, 0.05) is 19.9 Å². The van der Waals surface area contributed by atoms with Crippen molar-refractivity contribution in [1.29, 1.82) is 0 Å². The van der Waals surface area contributed by atoms with Crippen LogP contribution in [-0.4, -0.2) is 28.5 Å². The highest BCUT2D eigenvalue weighted by molar-refractivity contribution is 5.85. The van der Waals surface area contributed by atoms with Crippen molar-refractivity contribution in [1.82, 2.24) is 10.3 Å². The SMILES string of the molecule is CC(=O)NCCC#Cc1cccc(C(=O)O)n1. The highest BCUT2D eigenvalue weighted by atomic mass is 16.4. The van der Waals surface area contributed by atoms with E-state index in [0.717, 1.165) is 0 Å². The Kier molecular flexibility index (Phi) is 4.70. The molecule has 0 aliphatic heterocycles. The third-order valence-electron chi connectivity index (χ3n) is 1.81. The molecule has 1 amide bonds. The molecule has 0 unspecified atom stereocenters. The Bertz CT molecular complexity index is 486. The molecule has 1 rings (SSSR count). The lowest BCUT2D eigenvalue weighted by Gasteiger charge is -1.95. The average Bonchev–Trinajstić information content (AvgIpc) is 2.28. The van der Waals surface area contributed by atoms with E-state index in [1.54, 1.807) is 12.1 Å². The van der Waals surface area contributed by atoms with E-state index in [1.165, 1.54) is 13.0 Å². The molecule has 1 aromatic rings. The summed E-state index contributed by atoms with van der Waals surface area (Å²) in [5.41, 5.74) is 0.381. The van der Waals surface area contributed by atoms with Crippen molar-refractivity contribution >= 4 is 11.9 Å². The first-order chi connectivity index (χ1) is 8.09. The van der Waals surface area contributed by atoms with Crippen molar-refractivity contribution in [3.05, 3.63) is 29.6 Å². The fraction of sp³-hybridized carbons (Fsp3) is 0.250. The molecular formula is C12H12N2O3. The molecule has 0 fully saturated rings. The van der Waals surface area contributed by atoms with E-state index in [0.29, 0.717) is 18.7 Å². The molecule has 5 heteroatoms. The summed E-state index contributed by atoms with van der Waals surface area (Å²) in [5, 5.41) is 11.3. The molecule has 2 N–H and O–H groups in total. The molecule has 0 aromatic carbocycles. The second-order valence-electron chi connectivity index (χ2n) is 3.25. The lowest BCUT2D eigenvalue weighted by atomic mass is 10.3. The van der Waals surface area contributed by atoms with Crippen molar-refractivity contribution < 1.29 is 14.7 Å². The first-order valence-corrected chi connectivity index (χ1v) is 5.03. The maximum absolute atomic E-state index is 10.6. The van der Waals surface area contributed by atoms with Gasteiger partial charge in [-0.05, 0) is 18.1 Å². The number of hydrogen-bond acceptors (Lipinski definition) is 3. The third kappa shape index (κ3) is 4.80. The molecule has 0 saturated heterocycles. The van der Waals surface area contributed by atoms with Gasteiger partial charge in [-0.3, -0.25) is 4.79 Å². The molecule has 17 heavy (non-hydrogen) atoms. The standard InChI is InChI=1S/C12H12N2O3/c1-9(15)13-8-3-2-5-10-6-4-7-11(14-10)12(16)17/h4,6-7H,3,8H2,1H3,(H,13,15)(H,16,17). The number of pyridine rings is 1. The first-order valence-electron chi connectivity index (χ1n) is 5.03. The van der Waals surface area contributed by atoms with Gasteiger partial charge in [-0.1, -0.05) is 12.0 Å². The van der Waals surface area contributed by atoms with Gasteiger partial charge in [0.1, 0.15) is 11.4 Å². The Balaban J connectivity index is 2.56. The van der Waals surface area contributed by atoms with Gasteiger partial charge >= 0.3 is 5.97 Å². The first kappa shape index (κ1) is 12.7. The summed E-state index contributed by atoms with van der Waals surface area (Å²) in [6.45, 7) is 1.91. The van der Waals surface area contributed by atoms with Gasteiger partial charge in [0.2, 0.25) is 5.91 Å². The fourth-order valence-electron chi connectivity index (χ4n) is 1.08. The smallest absolute Gasteiger partial charge is 0.354 e. The van der Waals surface area contributed by atoms with E-state index in [4.69, 9.17) is 5.11 Å². The topological polar surface area (TPSA) is 79.3 Å². The van der Waals surface area contributed by atoms with Crippen molar-refractivity contribution in [3.63, 3.8) is 0 Å². The van der Waals surface area contributed by atoms with Crippen LogP contribution in [0.1, 0.15) is 29.5 Å². The van der Waals surface area contributed by atoms with Crippen LogP contribution in [-0.2, 0) is 4.79 Å². The van der Waals surface area contributed by atoms with E-state index in [9.17, 15) is 9.59 Å². The van der Waals surface area contributed by atoms with Crippen molar-refractivity contribution in [2.24, 2.45) is 0 Å². The number of carboxylic acids is 1. The summed E-state index contributed by atoms with van der Waals surface area (Å²) in [6, 6.07) is 4.64. The Morgan fingerprint density at radius 1 is 1.47 bits per heavy atom. The number of aromatic carboxylic acids is 1. The van der Waals surface area contributed by atoms with Crippen LogP contribution in [0.3, 0.4) is 0 Å². The molecule has 0 spiro atoms. The number of carboxylic acid groups (broad SMARTS) is 1. The number of carbonyl (C=O) groups excluding carboxylic acids is 1. The van der Waals surface area contributed by atoms with E-state index in [2.05, 4.69) is 22.1 Å². The zero-order valence-corrected chi connectivity index (χ0v) is 9.36. The second kappa shape index (κ2) is 6.28. The van der Waals surface area contributed by atoms with Crippen molar-refractivity contribution in [3.8, 4) is 11.8 Å². The molecule has 1 aromatic heterocycles. The van der Waals surface area contributed by atoms with Gasteiger partial charge in [0.05, 0.1) is 0 Å². The Hall–Kier alpha value is -2.35. The van der Waals surface area contributed by atoms with Crippen LogP contribution in [0.15, 0.2) is 18.2 Å². The molecule has 88 valence electrons. The lowest BCUT2D eigenvalue weighted by molar-refractivity contribution is -0.118. The molecular weight excluding hydrogens is 220 g/mol. The van der Waals surface area contributed by atoms with Gasteiger partial charge in [0.25, 0.3) is 0 Å². The Morgan fingerprint density at radius 2 is 2.24 bits per heavy atom. The maximum atomic E-state index is 10.6. The number of nitrogens with zero attached hydrogens (tertiary/aromatic N) is 1. The minimum atomic E-state index is -1.08. The number of amides is 1. The van der Waals surface area contributed by atoms with E-state index < -0.39 is 5.97 Å². The quantitative estimate of drug-likeness (QED) is 0.592. The van der Waals surface area contributed by atoms with Crippen LogP contribution >= 0.6 is 0 Å². The number of hydrogen-bond donors (Lipinski definition) is 2. The predicted octanol–water partition coefficient (Wildman–Crippen LogP) is 0.657. The summed E-state index contributed by atoms with van der Waals surface area (Å²) in [7, 11) is 0. The van der Waals surface area contributed by atoms with Crippen LogP contribution in [0.5, 0.6) is 0 Å². The monoisotopic (exact) mass is 232 g/mol. The predicted molar refractivity (Wildman–Crippen MR) is 61.4 cm³/mol. The second-order valence-corrected chi connectivity index (χ2v) is 3.25. The third-order valence-corrected chi connectivity index (χ3v) is 1.81. The van der Waals surface area contributed by atoms with Crippen LogP contribution in [0.4, 0.5) is 0 Å². The summed E-state index contributed by atoms with van der Waals surface area (Å²) in [6.07, 6.45) is 0.499. The molecule has 0 bridgehead atoms. The lowest BCUT2D eigenvalue weighted by Crippen LogP contribution is -2.20. The van der Waals surface area contributed by atoms with Gasteiger partial charge < -0.3 is 10.4 Å². The zero-order valence-electron chi connectivity index (χ0n) is 9.36. The molecule has 0 saturated carbocycles. The van der Waals surface area contributed by atoms with E-state index in [1.807, 2.05) is 0 Å².